The Hall–Kier alpha value is -2.44. The first-order valence-corrected chi connectivity index (χ1v) is 10.2. The van der Waals surface area contributed by atoms with Gasteiger partial charge in [0.05, 0.1) is 17.9 Å². The van der Waals surface area contributed by atoms with E-state index in [4.69, 9.17) is 0 Å². The molecule has 0 spiro atoms. The lowest BCUT2D eigenvalue weighted by Gasteiger charge is -2.40. The minimum absolute atomic E-state index is 0.105. The minimum atomic E-state index is -0.105. The zero-order chi connectivity index (χ0) is 19.5. The van der Waals surface area contributed by atoms with Crippen molar-refractivity contribution < 1.29 is 0 Å². The summed E-state index contributed by atoms with van der Waals surface area (Å²) in [5.74, 6) is 0. The predicted octanol–water partition coefficient (Wildman–Crippen LogP) is 3.45. The van der Waals surface area contributed by atoms with Crippen LogP contribution in [0.1, 0.15) is 17.2 Å². The van der Waals surface area contributed by atoms with Crippen LogP contribution in [0.3, 0.4) is 0 Å². The van der Waals surface area contributed by atoms with Crippen molar-refractivity contribution in [3.8, 4) is 0 Å². The highest BCUT2D eigenvalue weighted by Gasteiger charge is 2.27. The second kappa shape index (κ2) is 8.29. The molecular weight excluding hydrogens is 416 g/mol. The van der Waals surface area contributed by atoms with Crippen LogP contribution in [0.5, 0.6) is 0 Å². The van der Waals surface area contributed by atoms with Crippen molar-refractivity contribution in [2.24, 2.45) is 7.05 Å². The van der Waals surface area contributed by atoms with Gasteiger partial charge in [-0.05, 0) is 27.1 Å². The number of hydrogen-bond acceptors (Lipinski definition) is 4. The number of benzene rings is 2. The fourth-order valence-electron chi connectivity index (χ4n) is 3.83. The molecule has 1 fully saturated rings. The Bertz CT molecular complexity index is 943. The third-order valence-corrected chi connectivity index (χ3v) is 6.06. The standard InChI is InChI=1S/C22H23BrN4O/c1-25-22(28)20(23)19(16-24-25)26-12-14-27(15-13-26)21(17-8-4-2-5-9-17)18-10-6-3-7-11-18/h2-11,16,21H,12-15H2,1H3. The van der Waals surface area contributed by atoms with Gasteiger partial charge in [0.2, 0.25) is 0 Å². The van der Waals surface area contributed by atoms with E-state index in [0.717, 1.165) is 31.9 Å². The van der Waals surface area contributed by atoms with E-state index in [0.29, 0.717) is 4.47 Å². The van der Waals surface area contributed by atoms with Crippen LogP contribution in [0.2, 0.25) is 0 Å². The van der Waals surface area contributed by atoms with E-state index in [1.54, 1.807) is 13.2 Å². The highest BCUT2D eigenvalue weighted by Crippen LogP contribution is 2.31. The molecule has 5 nitrogen and oxygen atoms in total. The van der Waals surface area contributed by atoms with Crippen LogP contribution in [0.4, 0.5) is 5.69 Å². The zero-order valence-electron chi connectivity index (χ0n) is 15.8. The van der Waals surface area contributed by atoms with Gasteiger partial charge in [0, 0.05) is 33.2 Å². The van der Waals surface area contributed by atoms with Crippen molar-refractivity contribution >= 4 is 21.6 Å². The lowest BCUT2D eigenvalue weighted by atomic mass is 9.96. The molecule has 0 saturated carbocycles. The van der Waals surface area contributed by atoms with Crippen molar-refractivity contribution in [1.29, 1.82) is 0 Å². The maximum Gasteiger partial charge on any atom is 0.282 e. The molecule has 1 aromatic heterocycles. The molecule has 3 aromatic rings. The molecule has 0 amide bonds. The maximum absolute atomic E-state index is 12.2. The Morgan fingerprint density at radius 3 is 1.96 bits per heavy atom. The van der Waals surface area contributed by atoms with E-state index in [1.165, 1.54) is 15.8 Å². The second-order valence-corrected chi connectivity index (χ2v) is 7.81. The summed E-state index contributed by atoms with van der Waals surface area (Å²) in [6.45, 7) is 3.53. The van der Waals surface area contributed by atoms with Crippen molar-refractivity contribution in [2.45, 2.75) is 6.04 Å². The second-order valence-electron chi connectivity index (χ2n) is 7.02. The summed E-state index contributed by atoms with van der Waals surface area (Å²) >= 11 is 3.46. The van der Waals surface area contributed by atoms with Crippen LogP contribution in [-0.2, 0) is 7.05 Å². The topological polar surface area (TPSA) is 41.4 Å². The Labute approximate surface area is 173 Å². The summed E-state index contributed by atoms with van der Waals surface area (Å²) in [5, 5.41) is 4.18. The Kier molecular flexibility index (Phi) is 5.59. The van der Waals surface area contributed by atoms with Crippen LogP contribution in [0.25, 0.3) is 0 Å². The number of piperazine rings is 1. The van der Waals surface area contributed by atoms with Crippen LogP contribution >= 0.6 is 15.9 Å². The first kappa shape index (κ1) is 18.9. The van der Waals surface area contributed by atoms with Gasteiger partial charge in [-0.1, -0.05) is 60.7 Å². The van der Waals surface area contributed by atoms with Crippen molar-refractivity contribution in [3.63, 3.8) is 0 Å². The molecule has 28 heavy (non-hydrogen) atoms. The first-order chi connectivity index (χ1) is 13.6. The van der Waals surface area contributed by atoms with Gasteiger partial charge in [-0.3, -0.25) is 9.69 Å². The Balaban J connectivity index is 1.57. The largest absolute Gasteiger partial charge is 0.367 e. The molecule has 144 valence electrons. The molecule has 2 aromatic carbocycles. The summed E-state index contributed by atoms with van der Waals surface area (Å²) in [5.41, 5.74) is 3.38. The fourth-order valence-corrected chi connectivity index (χ4v) is 4.44. The smallest absolute Gasteiger partial charge is 0.282 e. The average Bonchev–Trinajstić information content (AvgIpc) is 2.75. The molecule has 2 heterocycles. The lowest BCUT2D eigenvalue weighted by molar-refractivity contribution is 0.212. The van der Waals surface area contributed by atoms with Gasteiger partial charge in [-0.2, -0.15) is 5.10 Å². The molecule has 1 aliphatic rings. The summed E-state index contributed by atoms with van der Waals surface area (Å²) in [6.07, 6.45) is 1.77. The van der Waals surface area contributed by atoms with Crippen molar-refractivity contribution in [1.82, 2.24) is 14.7 Å². The molecule has 4 rings (SSSR count). The van der Waals surface area contributed by atoms with Crippen LogP contribution in [-0.4, -0.2) is 40.9 Å². The van der Waals surface area contributed by atoms with E-state index >= 15 is 0 Å². The summed E-state index contributed by atoms with van der Waals surface area (Å²) in [7, 11) is 1.67. The molecule has 0 unspecified atom stereocenters. The van der Waals surface area contributed by atoms with Crippen LogP contribution in [0.15, 0.2) is 76.1 Å². The van der Waals surface area contributed by atoms with E-state index in [2.05, 4.69) is 91.5 Å². The molecule has 1 aliphatic heterocycles. The van der Waals surface area contributed by atoms with Gasteiger partial charge in [0.15, 0.2) is 0 Å². The highest BCUT2D eigenvalue weighted by molar-refractivity contribution is 9.10. The van der Waals surface area contributed by atoms with E-state index in [-0.39, 0.29) is 11.6 Å². The molecule has 0 bridgehead atoms. The summed E-state index contributed by atoms with van der Waals surface area (Å²) in [4.78, 5) is 16.9. The van der Waals surface area contributed by atoms with Gasteiger partial charge in [0.1, 0.15) is 4.47 Å². The summed E-state index contributed by atoms with van der Waals surface area (Å²) < 4.78 is 1.94. The molecule has 0 radical (unpaired) electrons. The van der Waals surface area contributed by atoms with Crippen molar-refractivity contribution in [2.75, 3.05) is 31.1 Å². The average molecular weight is 439 g/mol. The first-order valence-electron chi connectivity index (χ1n) is 9.46. The van der Waals surface area contributed by atoms with E-state index in [1.807, 2.05) is 0 Å². The normalized spacial score (nSPS) is 15.2. The molecular formula is C22H23BrN4O. The van der Waals surface area contributed by atoms with Gasteiger partial charge < -0.3 is 4.90 Å². The third kappa shape index (κ3) is 3.75. The monoisotopic (exact) mass is 438 g/mol. The van der Waals surface area contributed by atoms with Gasteiger partial charge in [-0.25, -0.2) is 4.68 Å². The number of nitrogens with zero attached hydrogens (tertiary/aromatic N) is 4. The SMILES string of the molecule is Cn1ncc(N2CCN(C(c3ccccc3)c3ccccc3)CC2)c(Br)c1=O. The van der Waals surface area contributed by atoms with Gasteiger partial charge in [-0.15, -0.1) is 0 Å². The maximum atomic E-state index is 12.2. The number of anilines is 1. The lowest BCUT2D eigenvalue weighted by Crippen LogP contribution is -2.48. The Morgan fingerprint density at radius 2 is 1.43 bits per heavy atom. The zero-order valence-corrected chi connectivity index (χ0v) is 17.4. The van der Waals surface area contributed by atoms with Crippen molar-refractivity contribution in [3.05, 3.63) is 92.8 Å². The number of aromatic nitrogens is 2. The Morgan fingerprint density at radius 1 is 0.893 bits per heavy atom. The molecule has 0 atom stereocenters. The quantitative estimate of drug-likeness (QED) is 0.625. The highest BCUT2D eigenvalue weighted by atomic mass is 79.9. The number of halogens is 1. The predicted molar refractivity (Wildman–Crippen MR) is 116 cm³/mol. The molecule has 0 aliphatic carbocycles. The third-order valence-electron chi connectivity index (χ3n) is 5.31. The number of aryl methyl sites for hydroxylation is 1. The van der Waals surface area contributed by atoms with E-state index < -0.39 is 0 Å². The van der Waals surface area contributed by atoms with Gasteiger partial charge in [0.25, 0.3) is 5.56 Å². The number of rotatable bonds is 4. The van der Waals surface area contributed by atoms with Gasteiger partial charge >= 0.3 is 0 Å². The molecule has 1 saturated heterocycles. The van der Waals surface area contributed by atoms with Crippen LogP contribution < -0.4 is 10.5 Å². The van der Waals surface area contributed by atoms with E-state index in [9.17, 15) is 4.79 Å². The number of hydrogen-bond donors (Lipinski definition) is 0. The minimum Gasteiger partial charge on any atom is -0.367 e. The molecule has 0 N–H and O–H groups in total. The van der Waals surface area contributed by atoms with Crippen LogP contribution in [0, 0.1) is 0 Å². The summed E-state index contributed by atoms with van der Waals surface area (Å²) in [6, 6.07) is 21.6. The fraction of sp³-hybridized carbons (Fsp3) is 0.273. The molecule has 6 heteroatoms.